The molecule has 0 fully saturated rings. The van der Waals surface area contributed by atoms with Crippen molar-refractivity contribution < 1.29 is 28.6 Å². The van der Waals surface area contributed by atoms with E-state index in [0.29, 0.717) is 65.1 Å². The molecule has 0 radical (unpaired) electrons. The molecule has 5 rings (SSSR count). The lowest BCUT2D eigenvalue weighted by Crippen LogP contribution is -2.32. The van der Waals surface area contributed by atoms with Crippen molar-refractivity contribution in [2.75, 3.05) is 37.5 Å². The number of amides is 3. The van der Waals surface area contributed by atoms with Crippen molar-refractivity contribution in [3.8, 4) is 17.2 Å². The molecule has 1 aliphatic rings. The number of anilines is 2. The molecule has 1 aliphatic heterocycles. The molecule has 46 heavy (non-hydrogen) atoms. The van der Waals surface area contributed by atoms with Gasteiger partial charge in [0, 0.05) is 40.2 Å². The third-order valence-electron chi connectivity index (χ3n) is 7.26. The summed E-state index contributed by atoms with van der Waals surface area (Å²) < 4.78 is 16.5. The van der Waals surface area contributed by atoms with Gasteiger partial charge >= 0.3 is 0 Å². The minimum absolute atomic E-state index is 0.264. The number of rotatable bonds is 11. The van der Waals surface area contributed by atoms with E-state index in [0.717, 1.165) is 24.1 Å². The molecule has 0 aliphatic carbocycles. The minimum atomic E-state index is -0.350. The van der Waals surface area contributed by atoms with Crippen molar-refractivity contribution in [1.29, 1.82) is 0 Å². The fourth-order valence-corrected chi connectivity index (χ4v) is 4.98. The van der Waals surface area contributed by atoms with Gasteiger partial charge in [-0.15, -0.1) is 0 Å². The number of hydrogen-bond donors (Lipinski definition) is 2. The van der Waals surface area contributed by atoms with Gasteiger partial charge in [0.1, 0.15) is 5.75 Å². The minimum Gasteiger partial charge on any atom is -0.494 e. The number of carbonyl (C=O) groups is 3. The molecule has 236 valence electrons. The molecule has 4 aromatic rings. The second kappa shape index (κ2) is 14.9. The van der Waals surface area contributed by atoms with Gasteiger partial charge in [-0.25, -0.2) is 5.01 Å². The Hall–Kier alpha value is -5.64. The summed E-state index contributed by atoms with van der Waals surface area (Å²) in [4.78, 5) is 39.1. The highest BCUT2D eigenvalue weighted by atomic mass is 16.5. The van der Waals surface area contributed by atoms with Gasteiger partial charge in [-0.05, 0) is 112 Å². The lowest BCUT2D eigenvalue weighted by Gasteiger charge is -2.24. The van der Waals surface area contributed by atoms with E-state index in [1.807, 2.05) is 32.0 Å². The maximum Gasteiger partial charge on any atom is 0.274 e. The average Bonchev–Trinajstić information content (AvgIpc) is 3.09. The number of benzene rings is 4. The predicted molar refractivity (Wildman–Crippen MR) is 177 cm³/mol. The van der Waals surface area contributed by atoms with Crippen LogP contribution in [0.25, 0.3) is 0 Å². The van der Waals surface area contributed by atoms with Gasteiger partial charge in [0.25, 0.3) is 17.7 Å². The second-order valence-corrected chi connectivity index (χ2v) is 10.4. The first-order chi connectivity index (χ1) is 22.4. The molecule has 10 nitrogen and oxygen atoms in total. The molecular weight excluding hydrogens is 584 g/mol. The van der Waals surface area contributed by atoms with Crippen LogP contribution in [0.4, 0.5) is 11.4 Å². The third kappa shape index (κ3) is 7.71. The van der Waals surface area contributed by atoms with Gasteiger partial charge < -0.3 is 24.8 Å². The van der Waals surface area contributed by atoms with Crippen LogP contribution in [-0.2, 0) is 0 Å². The summed E-state index contributed by atoms with van der Waals surface area (Å²) in [5.41, 5.74) is 3.96. The summed E-state index contributed by atoms with van der Waals surface area (Å²) in [6, 6.07) is 25.8. The van der Waals surface area contributed by atoms with E-state index in [1.54, 1.807) is 79.9 Å². The molecule has 4 aromatic carbocycles. The Bertz CT molecular complexity index is 1730. The second-order valence-electron chi connectivity index (χ2n) is 10.4. The van der Waals surface area contributed by atoms with Gasteiger partial charge in [-0.2, -0.15) is 5.10 Å². The van der Waals surface area contributed by atoms with Gasteiger partial charge in [0.15, 0.2) is 11.5 Å². The van der Waals surface area contributed by atoms with Crippen LogP contribution in [0, 0.1) is 0 Å². The summed E-state index contributed by atoms with van der Waals surface area (Å²) in [6.45, 7) is 5.33. The number of ether oxygens (including phenoxy) is 3. The van der Waals surface area contributed by atoms with Crippen LogP contribution in [0.1, 0.15) is 63.3 Å². The fraction of sp³-hybridized carbons (Fsp3) is 0.222. The van der Waals surface area contributed by atoms with E-state index in [2.05, 4.69) is 15.7 Å². The van der Waals surface area contributed by atoms with Crippen LogP contribution in [-0.4, -0.2) is 55.3 Å². The number of carbonyl (C=O) groups excluding carboxylic acids is 3. The van der Waals surface area contributed by atoms with Crippen molar-refractivity contribution in [1.82, 2.24) is 5.01 Å². The molecule has 3 amide bonds. The summed E-state index contributed by atoms with van der Waals surface area (Å²) >= 11 is 0. The molecule has 0 spiro atoms. The topological polar surface area (TPSA) is 119 Å². The molecular formula is C36H36N4O6. The van der Waals surface area contributed by atoms with Gasteiger partial charge in [0.2, 0.25) is 0 Å². The van der Waals surface area contributed by atoms with E-state index in [4.69, 9.17) is 14.2 Å². The van der Waals surface area contributed by atoms with Crippen LogP contribution < -0.4 is 24.8 Å². The number of nitrogens with one attached hydrogen (secondary N) is 2. The number of hydrogen-bond acceptors (Lipinski definition) is 7. The van der Waals surface area contributed by atoms with Crippen LogP contribution in [0.5, 0.6) is 17.2 Å². The summed E-state index contributed by atoms with van der Waals surface area (Å²) in [5, 5.41) is 11.8. The van der Waals surface area contributed by atoms with Crippen molar-refractivity contribution >= 4 is 34.8 Å². The summed E-state index contributed by atoms with van der Waals surface area (Å²) in [5.74, 6) is 1.07. The Balaban J connectivity index is 1.22. The maximum absolute atomic E-state index is 13.4. The van der Waals surface area contributed by atoms with E-state index in [1.165, 1.54) is 5.01 Å². The first kappa shape index (κ1) is 31.8. The standard InChI is InChI=1S/C36H36N4O6/c1-4-45-30-18-13-25(14-19-30)34(41)37-28-16-11-24(12-17-28)35(42)38-29-9-6-8-27(22-29)36(43)40-21-7-10-31(39-40)26-15-20-32(44-3)33(23-26)46-5-2/h6,8-9,11-20,22-23H,4-5,7,10,21H2,1-3H3,(H,37,41)(H,38,42). The predicted octanol–water partition coefficient (Wildman–Crippen LogP) is 6.64. The summed E-state index contributed by atoms with van der Waals surface area (Å²) in [6.07, 6.45) is 1.48. The number of nitrogens with zero attached hydrogens (tertiary/aromatic N) is 2. The number of hydrazone groups is 1. The molecule has 1 heterocycles. The Kier molecular flexibility index (Phi) is 10.3. The zero-order valence-corrected chi connectivity index (χ0v) is 26.0. The van der Waals surface area contributed by atoms with E-state index in [9.17, 15) is 14.4 Å². The Morgan fingerprint density at radius 2 is 1.41 bits per heavy atom. The van der Waals surface area contributed by atoms with Crippen LogP contribution in [0.2, 0.25) is 0 Å². The normalized spacial score (nSPS) is 12.5. The van der Waals surface area contributed by atoms with Crippen LogP contribution >= 0.6 is 0 Å². The van der Waals surface area contributed by atoms with Crippen molar-refractivity contribution in [2.45, 2.75) is 26.7 Å². The van der Waals surface area contributed by atoms with Crippen molar-refractivity contribution in [3.05, 3.63) is 113 Å². The Labute approximate surface area is 268 Å². The highest BCUT2D eigenvalue weighted by Crippen LogP contribution is 2.30. The molecule has 10 heteroatoms. The molecule has 0 atom stereocenters. The van der Waals surface area contributed by atoms with E-state index < -0.39 is 0 Å². The van der Waals surface area contributed by atoms with Crippen molar-refractivity contribution in [3.63, 3.8) is 0 Å². The zero-order valence-electron chi connectivity index (χ0n) is 26.0. The molecule has 0 unspecified atom stereocenters. The average molecular weight is 621 g/mol. The highest BCUT2D eigenvalue weighted by Gasteiger charge is 2.22. The monoisotopic (exact) mass is 620 g/mol. The lowest BCUT2D eigenvalue weighted by atomic mass is 10.0. The van der Waals surface area contributed by atoms with Gasteiger partial charge in [-0.1, -0.05) is 6.07 Å². The molecule has 0 saturated carbocycles. The maximum atomic E-state index is 13.4. The molecule has 0 bridgehead atoms. The first-order valence-corrected chi connectivity index (χ1v) is 15.1. The van der Waals surface area contributed by atoms with Crippen LogP contribution in [0.3, 0.4) is 0 Å². The zero-order chi connectivity index (χ0) is 32.5. The van der Waals surface area contributed by atoms with Gasteiger partial charge in [-0.3, -0.25) is 14.4 Å². The largest absolute Gasteiger partial charge is 0.494 e. The lowest BCUT2D eigenvalue weighted by molar-refractivity contribution is 0.0751. The molecule has 0 saturated heterocycles. The SMILES string of the molecule is CCOc1ccc(C(=O)Nc2ccc(C(=O)Nc3cccc(C(=O)N4CCCC(c5ccc(OC)c(OCC)c5)=N4)c3)cc2)cc1. The third-order valence-corrected chi connectivity index (χ3v) is 7.26. The van der Waals surface area contributed by atoms with Crippen LogP contribution in [0.15, 0.2) is 96.1 Å². The van der Waals surface area contributed by atoms with E-state index in [-0.39, 0.29) is 17.7 Å². The molecule has 0 aromatic heterocycles. The van der Waals surface area contributed by atoms with E-state index >= 15 is 0 Å². The smallest absolute Gasteiger partial charge is 0.274 e. The van der Waals surface area contributed by atoms with Crippen molar-refractivity contribution in [2.24, 2.45) is 5.10 Å². The quantitative estimate of drug-likeness (QED) is 0.194. The highest BCUT2D eigenvalue weighted by molar-refractivity contribution is 6.07. The summed E-state index contributed by atoms with van der Waals surface area (Å²) in [7, 11) is 1.59. The fourth-order valence-electron chi connectivity index (χ4n) is 4.98. The Morgan fingerprint density at radius 3 is 2.09 bits per heavy atom. The Morgan fingerprint density at radius 1 is 0.739 bits per heavy atom. The first-order valence-electron chi connectivity index (χ1n) is 15.1. The molecule has 2 N–H and O–H groups in total. The van der Waals surface area contributed by atoms with Gasteiger partial charge in [0.05, 0.1) is 26.0 Å². The number of methoxy groups -OCH3 is 1.